The van der Waals surface area contributed by atoms with Gasteiger partial charge in [0.1, 0.15) is 11.9 Å². The van der Waals surface area contributed by atoms with Gasteiger partial charge in [0, 0.05) is 12.1 Å². The van der Waals surface area contributed by atoms with E-state index in [9.17, 15) is 14.0 Å². The van der Waals surface area contributed by atoms with Crippen molar-refractivity contribution < 1.29 is 14.0 Å². The maximum absolute atomic E-state index is 14.1. The zero-order valence-corrected chi connectivity index (χ0v) is 16.7. The highest BCUT2D eigenvalue weighted by Gasteiger charge is 2.45. The lowest BCUT2D eigenvalue weighted by Crippen LogP contribution is -2.41. The first kappa shape index (κ1) is 19.8. The van der Waals surface area contributed by atoms with E-state index in [2.05, 4.69) is 5.32 Å². The first-order valence-corrected chi connectivity index (χ1v) is 10.1. The van der Waals surface area contributed by atoms with Crippen molar-refractivity contribution in [2.75, 3.05) is 6.54 Å². The fourth-order valence-electron chi connectivity index (χ4n) is 4.02. The van der Waals surface area contributed by atoms with E-state index in [4.69, 9.17) is 0 Å². The maximum Gasteiger partial charge on any atom is 0.255 e. The van der Waals surface area contributed by atoms with Crippen molar-refractivity contribution in [3.8, 4) is 0 Å². The summed E-state index contributed by atoms with van der Waals surface area (Å²) in [4.78, 5) is 28.3. The lowest BCUT2D eigenvalue weighted by molar-refractivity contribution is -0.126. The summed E-state index contributed by atoms with van der Waals surface area (Å²) in [6.45, 7) is 2.45. The molecule has 1 heterocycles. The fourth-order valence-corrected chi connectivity index (χ4v) is 4.02. The number of benzene rings is 3. The van der Waals surface area contributed by atoms with Crippen molar-refractivity contribution >= 4 is 11.8 Å². The van der Waals surface area contributed by atoms with Crippen LogP contribution in [0.25, 0.3) is 0 Å². The molecule has 0 aliphatic carbocycles. The molecule has 0 saturated heterocycles. The molecule has 0 radical (unpaired) electrons. The Morgan fingerprint density at radius 3 is 2.17 bits per heavy atom. The highest BCUT2D eigenvalue weighted by molar-refractivity contribution is 6.05. The lowest BCUT2D eigenvalue weighted by atomic mass is 9.95. The van der Waals surface area contributed by atoms with Crippen molar-refractivity contribution in [2.24, 2.45) is 0 Å². The second-order valence-electron chi connectivity index (χ2n) is 7.36. The van der Waals surface area contributed by atoms with E-state index in [0.717, 1.165) is 17.5 Å². The molecule has 0 aromatic heterocycles. The van der Waals surface area contributed by atoms with E-state index in [-0.39, 0.29) is 11.8 Å². The predicted octanol–water partition coefficient (Wildman–Crippen LogP) is 4.64. The van der Waals surface area contributed by atoms with E-state index >= 15 is 0 Å². The van der Waals surface area contributed by atoms with Gasteiger partial charge in [-0.3, -0.25) is 9.59 Å². The molecule has 4 rings (SSSR count). The van der Waals surface area contributed by atoms with Crippen molar-refractivity contribution in [3.05, 3.63) is 107 Å². The molecular weight excluding hydrogens is 379 g/mol. The molecule has 1 aliphatic heterocycles. The number of amides is 2. The van der Waals surface area contributed by atoms with Gasteiger partial charge < -0.3 is 10.2 Å². The smallest absolute Gasteiger partial charge is 0.255 e. The van der Waals surface area contributed by atoms with Crippen LogP contribution in [0.5, 0.6) is 0 Å². The van der Waals surface area contributed by atoms with Gasteiger partial charge in [0.2, 0.25) is 5.91 Å². The van der Waals surface area contributed by atoms with Crippen LogP contribution in [-0.4, -0.2) is 23.3 Å². The van der Waals surface area contributed by atoms with Crippen molar-refractivity contribution in [2.45, 2.75) is 25.4 Å². The summed E-state index contributed by atoms with van der Waals surface area (Å²) < 4.78 is 14.1. The Bertz CT molecular complexity index is 1010. The monoisotopic (exact) mass is 402 g/mol. The molecule has 1 atom stereocenters. The molecule has 0 fully saturated rings. The Labute approximate surface area is 175 Å². The molecule has 5 heteroatoms. The van der Waals surface area contributed by atoms with Crippen LogP contribution in [0.15, 0.2) is 78.9 Å². The number of carbonyl (C=O) groups excluding carboxylic acids is 2. The molecule has 1 N–H and O–H groups in total. The average Bonchev–Trinajstić information content (AvgIpc) is 3.05. The first-order valence-electron chi connectivity index (χ1n) is 10.1. The van der Waals surface area contributed by atoms with E-state index in [1.165, 1.54) is 18.2 Å². The molecular formula is C25H23FN2O2. The summed E-state index contributed by atoms with van der Waals surface area (Å²) in [5.41, 5.74) is 2.55. The summed E-state index contributed by atoms with van der Waals surface area (Å²) in [6.07, 6.45) is 0.767. The van der Waals surface area contributed by atoms with Gasteiger partial charge in [0.05, 0.1) is 6.04 Å². The van der Waals surface area contributed by atoms with Crippen LogP contribution in [-0.2, 0) is 4.79 Å². The van der Waals surface area contributed by atoms with Crippen LogP contribution in [0.4, 0.5) is 4.39 Å². The minimum Gasteiger partial charge on any atom is -0.354 e. The Balaban J connectivity index is 1.88. The largest absolute Gasteiger partial charge is 0.354 e. The second kappa shape index (κ2) is 8.49. The highest BCUT2D eigenvalue weighted by Crippen LogP contribution is 2.43. The fraction of sp³-hybridized carbons (Fsp3) is 0.200. The molecule has 4 nitrogen and oxygen atoms in total. The second-order valence-corrected chi connectivity index (χ2v) is 7.36. The molecule has 30 heavy (non-hydrogen) atoms. The van der Waals surface area contributed by atoms with Crippen LogP contribution in [0, 0.1) is 5.82 Å². The average molecular weight is 402 g/mol. The van der Waals surface area contributed by atoms with Crippen LogP contribution in [0.3, 0.4) is 0 Å². The third kappa shape index (κ3) is 3.59. The van der Waals surface area contributed by atoms with Crippen molar-refractivity contribution in [1.82, 2.24) is 10.2 Å². The van der Waals surface area contributed by atoms with E-state index in [1.807, 2.05) is 67.6 Å². The quantitative estimate of drug-likeness (QED) is 0.653. The third-order valence-corrected chi connectivity index (χ3v) is 5.36. The number of nitrogens with zero attached hydrogens (tertiary/aromatic N) is 1. The minimum absolute atomic E-state index is 0.278. The Morgan fingerprint density at radius 2 is 1.60 bits per heavy atom. The Morgan fingerprint density at radius 1 is 1.00 bits per heavy atom. The molecule has 0 saturated carbocycles. The summed E-state index contributed by atoms with van der Waals surface area (Å²) in [5, 5.41) is 2.89. The summed E-state index contributed by atoms with van der Waals surface area (Å²) >= 11 is 0. The standard InChI is InChI=1S/C25H23FN2O2/c1-2-15-27-24(29)23-21-16-19(26)13-14-20(21)25(30)28(23)22(17-9-5-3-6-10-17)18-11-7-4-8-12-18/h3-14,16,22-23H,2,15H2,1H3,(H,27,29). The summed E-state index contributed by atoms with van der Waals surface area (Å²) in [5.74, 6) is -1.04. The van der Waals surface area contributed by atoms with E-state index < -0.39 is 17.9 Å². The maximum atomic E-state index is 14.1. The van der Waals surface area contributed by atoms with E-state index in [0.29, 0.717) is 17.7 Å². The number of hydrogen-bond acceptors (Lipinski definition) is 2. The molecule has 1 aliphatic rings. The Hall–Kier alpha value is -3.47. The van der Waals surface area contributed by atoms with Crippen LogP contribution in [0.1, 0.15) is 52.5 Å². The van der Waals surface area contributed by atoms with E-state index in [1.54, 1.807) is 4.90 Å². The minimum atomic E-state index is -0.903. The van der Waals surface area contributed by atoms with Gasteiger partial charge >= 0.3 is 0 Å². The highest BCUT2D eigenvalue weighted by atomic mass is 19.1. The van der Waals surface area contributed by atoms with Crippen molar-refractivity contribution in [1.29, 1.82) is 0 Å². The lowest BCUT2D eigenvalue weighted by Gasteiger charge is -2.33. The van der Waals surface area contributed by atoms with Gasteiger partial charge in [-0.05, 0) is 41.3 Å². The molecule has 3 aromatic carbocycles. The molecule has 0 bridgehead atoms. The summed E-state index contributed by atoms with van der Waals surface area (Å²) in [7, 11) is 0. The molecule has 3 aromatic rings. The number of carbonyl (C=O) groups is 2. The molecule has 2 amide bonds. The number of halogens is 1. The zero-order chi connectivity index (χ0) is 21.1. The topological polar surface area (TPSA) is 49.4 Å². The third-order valence-electron chi connectivity index (χ3n) is 5.36. The van der Waals surface area contributed by atoms with Gasteiger partial charge in [-0.2, -0.15) is 0 Å². The first-order chi connectivity index (χ1) is 14.6. The van der Waals surface area contributed by atoms with Gasteiger partial charge in [-0.1, -0.05) is 67.6 Å². The van der Waals surface area contributed by atoms with Gasteiger partial charge in [-0.15, -0.1) is 0 Å². The van der Waals surface area contributed by atoms with Crippen molar-refractivity contribution in [3.63, 3.8) is 0 Å². The molecule has 152 valence electrons. The van der Waals surface area contributed by atoms with Gasteiger partial charge in [0.15, 0.2) is 0 Å². The molecule has 0 spiro atoms. The number of fused-ring (bicyclic) bond motifs is 1. The number of rotatable bonds is 6. The zero-order valence-electron chi connectivity index (χ0n) is 16.7. The van der Waals surface area contributed by atoms with Crippen LogP contribution >= 0.6 is 0 Å². The van der Waals surface area contributed by atoms with Gasteiger partial charge in [0.25, 0.3) is 5.91 Å². The van der Waals surface area contributed by atoms with Crippen LogP contribution in [0.2, 0.25) is 0 Å². The predicted molar refractivity (Wildman–Crippen MR) is 113 cm³/mol. The Kier molecular flexibility index (Phi) is 5.61. The molecule has 1 unspecified atom stereocenters. The van der Waals surface area contributed by atoms with Gasteiger partial charge in [-0.25, -0.2) is 4.39 Å². The normalized spacial score (nSPS) is 15.4. The van der Waals surface area contributed by atoms with Crippen LogP contribution < -0.4 is 5.32 Å². The number of nitrogens with one attached hydrogen (secondary N) is 1. The SMILES string of the molecule is CCCNC(=O)C1c2cc(F)ccc2C(=O)N1C(c1ccccc1)c1ccccc1. The summed E-state index contributed by atoms with van der Waals surface area (Å²) in [6, 6.07) is 21.9. The number of hydrogen-bond donors (Lipinski definition) is 1.